The van der Waals surface area contributed by atoms with Crippen molar-refractivity contribution >= 4 is 12.0 Å². The quantitative estimate of drug-likeness (QED) is 0.818. The van der Waals surface area contributed by atoms with E-state index in [0.29, 0.717) is 19.6 Å². The van der Waals surface area contributed by atoms with Crippen LogP contribution in [0.2, 0.25) is 0 Å². The van der Waals surface area contributed by atoms with Crippen LogP contribution >= 0.6 is 0 Å². The van der Waals surface area contributed by atoms with Crippen molar-refractivity contribution in [3.05, 3.63) is 42.0 Å². The van der Waals surface area contributed by atoms with Crippen molar-refractivity contribution < 1.29 is 14.3 Å². The highest BCUT2D eigenvalue weighted by Gasteiger charge is 2.30. The molecule has 1 aliphatic rings. The molecule has 4 nitrogen and oxygen atoms in total. The van der Waals surface area contributed by atoms with Crippen LogP contribution in [0, 0.1) is 0 Å². The molecule has 0 spiro atoms. The Morgan fingerprint density at radius 1 is 1.42 bits per heavy atom. The second-order valence-electron chi connectivity index (χ2n) is 4.49. The summed E-state index contributed by atoms with van der Waals surface area (Å²) < 4.78 is 10.4. The smallest absolute Gasteiger partial charge is 0.322 e. The van der Waals surface area contributed by atoms with E-state index < -0.39 is 0 Å². The molecule has 1 fully saturated rings. The van der Waals surface area contributed by atoms with Gasteiger partial charge in [-0.2, -0.15) is 0 Å². The summed E-state index contributed by atoms with van der Waals surface area (Å²) in [6.07, 6.45) is 4.76. The number of ether oxygens (including phenoxy) is 2. The first kappa shape index (κ1) is 13.8. The first-order valence-electron chi connectivity index (χ1n) is 6.44. The molecule has 0 aliphatic carbocycles. The minimum absolute atomic E-state index is 0.0736. The Hall–Kier alpha value is -1.65. The monoisotopic (exact) mass is 261 g/mol. The predicted octanol–water partition coefficient (Wildman–Crippen LogP) is 1.62. The van der Waals surface area contributed by atoms with E-state index in [4.69, 9.17) is 9.47 Å². The van der Waals surface area contributed by atoms with Crippen LogP contribution in [0.15, 0.2) is 36.4 Å². The van der Waals surface area contributed by atoms with Gasteiger partial charge in [-0.15, -0.1) is 0 Å². The summed E-state index contributed by atoms with van der Waals surface area (Å²) in [7, 11) is 1.40. The Labute approximate surface area is 113 Å². The van der Waals surface area contributed by atoms with Crippen LogP contribution in [0.25, 0.3) is 6.08 Å². The molecular formula is C15H19NO3. The minimum Gasteiger partial charge on any atom is -0.468 e. The molecule has 0 bridgehead atoms. The largest absolute Gasteiger partial charge is 0.468 e. The lowest BCUT2D eigenvalue weighted by atomic mass is 10.2. The number of carbonyl (C=O) groups is 1. The van der Waals surface area contributed by atoms with E-state index in [9.17, 15) is 4.79 Å². The van der Waals surface area contributed by atoms with Gasteiger partial charge in [0.2, 0.25) is 0 Å². The third-order valence-electron chi connectivity index (χ3n) is 3.11. The lowest BCUT2D eigenvalue weighted by Crippen LogP contribution is -2.31. The van der Waals surface area contributed by atoms with E-state index in [-0.39, 0.29) is 18.1 Å². The highest BCUT2D eigenvalue weighted by atomic mass is 16.5. The highest BCUT2D eigenvalue weighted by molar-refractivity contribution is 5.76. The van der Waals surface area contributed by atoms with E-state index in [1.54, 1.807) is 0 Å². The average Bonchev–Trinajstić information content (AvgIpc) is 2.93. The molecule has 1 aromatic rings. The molecule has 2 rings (SSSR count). The van der Waals surface area contributed by atoms with Crippen molar-refractivity contribution in [3.8, 4) is 0 Å². The lowest BCUT2D eigenvalue weighted by molar-refractivity contribution is -0.142. The van der Waals surface area contributed by atoms with Gasteiger partial charge < -0.3 is 14.8 Å². The van der Waals surface area contributed by atoms with E-state index in [1.807, 2.05) is 42.5 Å². The maximum absolute atomic E-state index is 11.3. The summed E-state index contributed by atoms with van der Waals surface area (Å²) in [6, 6.07) is 9.85. The van der Waals surface area contributed by atoms with E-state index in [0.717, 1.165) is 5.56 Å². The van der Waals surface area contributed by atoms with E-state index in [1.165, 1.54) is 7.11 Å². The molecule has 1 heterocycles. The number of carbonyl (C=O) groups excluding carboxylic acids is 1. The summed E-state index contributed by atoms with van der Waals surface area (Å²) in [4.78, 5) is 11.3. The molecule has 1 aliphatic heterocycles. The van der Waals surface area contributed by atoms with Crippen LogP contribution in [-0.2, 0) is 14.3 Å². The van der Waals surface area contributed by atoms with Gasteiger partial charge in [0.1, 0.15) is 6.04 Å². The zero-order valence-corrected chi connectivity index (χ0v) is 11.0. The van der Waals surface area contributed by atoms with Crippen LogP contribution in [0.4, 0.5) is 0 Å². The zero-order chi connectivity index (χ0) is 13.5. The van der Waals surface area contributed by atoms with Gasteiger partial charge in [0.15, 0.2) is 0 Å². The van der Waals surface area contributed by atoms with Crippen LogP contribution in [0.5, 0.6) is 0 Å². The molecule has 2 atom stereocenters. The fourth-order valence-corrected chi connectivity index (χ4v) is 2.09. The molecule has 0 aromatic heterocycles. The van der Waals surface area contributed by atoms with Gasteiger partial charge >= 0.3 is 5.97 Å². The second kappa shape index (κ2) is 7.07. The van der Waals surface area contributed by atoms with Crippen LogP contribution in [-0.4, -0.2) is 38.4 Å². The fourth-order valence-electron chi connectivity index (χ4n) is 2.09. The van der Waals surface area contributed by atoms with Crippen molar-refractivity contribution in [2.45, 2.75) is 18.6 Å². The van der Waals surface area contributed by atoms with Crippen molar-refractivity contribution in [1.82, 2.24) is 5.32 Å². The van der Waals surface area contributed by atoms with Crippen LogP contribution in [0.1, 0.15) is 12.0 Å². The van der Waals surface area contributed by atoms with Crippen molar-refractivity contribution in [2.75, 3.05) is 20.3 Å². The topological polar surface area (TPSA) is 47.6 Å². The zero-order valence-electron chi connectivity index (χ0n) is 11.0. The maximum Gasteiger partial charge on any atom is 0.322 e. The summed E-state index contributed by atoms with van der Waals surface area (Å²) in [5, 5.41) is 3.09. The number of hydrogen-bond donors (Lipinski definition) is 1. The van der Waals surface area contributed by atoms with Gasteiger partial charge in [0.05, 0.1) is 19.8 Å². The second-order valence-corrected chi connectivity index (χ2v) is 4.49. The van der Waals surface area contributed by atoms with Gasteiger partial charge in [0.25, 0.3) is 0 Å². The third-order valence-corrected chi connectivity index (χ3v) is 3.11. The molecule has 1 unspecified atom stereocenters. The minimum atomic E-state index is -0.229. The first-order chi connectivity index (χ1) is 9.29. The summed E-state index contributed by atoms with van der Waals surface area (Å²) in [5.74, 6) is -0.217. The first-order valence-corrected chi connectivity index (χ1v) is 6.44. The summed E-state index contributed by atoms with van der Waals surface area (Å²) >= 11 is 0. The summed E-state index contributed by atoms with van der Waals surface area (Å²) in [6.45, 7) is 1.24. The lowest BCUT2D eigenvalue weighted by Gasteiger charge is -2.08. The van der Waals surface area contributed by atoms with E-state index >= 15 is 0 Å². The van der Waals surface area contributed by atoms with Crippen LogP contribution in [0.3, 0.4) is 0 Å². The Bertz CT molecular complexity index is 430. The highest BCUT2D eigenvalue weighted by Crippen LogP contribution is 2.11. The summed E-state index contributed by atoms with van der Waals surface area (Å²) in [5.41, 5.74) is 1.16. The van der Waals surface area contributed by atoms with Crippen molar-refractivity contribution in [2.24, 2.45) is 0 Å². The Balaban J connectivity index is 1.70. The molecular weight excluding hydrogens is 242 g/mol. The Morgan fingerprint density at radius 3 is 2.95 bits per heavy atom. The average molecular weight is 261 g/mol. The van der Waals surface area contributed by atoms with Crippen LogP contribution < -0.4 is 5.32 Å². The standard InChI is InChI=1S/C15H19NO3/c1-18-15(17)14-10-13(11-16-14)19-9-5-8-12-6-3-2-4-7-12/h2-8,13-14,16H,9-11H2,1H3/b8-5+/t13-,14?/m0/s1. The third kappa shape index (κ3) is 4.19. The normalized spacial score (nSPS) is 22.8. The number of benzene rings is 1. The molecule has 102 valence electrons. The molecule has 0 radical (unpaired) electrons. The molecule has 1 saturated heterocycles. The maximum atomic E-state index is 11.3. The molecule has 0 amide bonds. The van der Waals surface area contributed by atoms with Crippen molar-refractivity contribution in [3.63, 3.8) is 0 Å². The van der Waals surface area contributed by atoms with Gasteiger partial charge in [0, 0.05) is 13.0 Å². The molecule has 4 heteroatoms. The van der Waals surface area contributed by atoms with Gasteiger partial charge in [-0.3, -0.25) is 4.79 Å². The van der Waals surface area contributed by atoms with Gasteiger partial charge in [-0.25, -0.2) is 0 Å². The SMILES string of the molecule is COC(=O)C1C[C@H](OC/C=C/c2ccccc2)CN1. The number of hydrogen-bond acceptors (Lipinski definition) is 4. The predicted molar refractivity (Wildman–Crippen MR) is 73.6 cm³/mol. The van der Waals surface area contributed by atoms with Gasteiger partial charge in [-0.1, -0.05) is 42.5 Å². The van der Waals surface area contributed by atoms with Gasteiger partial charge in [-0.05, 0) is 5.56 Å². The Morgan fingerprint density at radius 2 is 2.21 bits per heavy atom. The number of rotatable bonds is 5. The number of methoxy groups -OCH3 is 1. The number of esters is 1. The molecule has 0 saturated carbocycles. The molecule has 1 aromatic carbocycles. The Kier molecular flexibility index (Phi) is 5.12. The van der Waals surface area contributed by atoms with E-state index in [2.05, 4.69) is 5.32 Å². The van der Waals surface area contributed by atoms with Crippen molar-refractivity contribution in [1.29, 1.82) is 0 Å². The fraction of sp³-hybridized carbons (Fsp3) is 0.400. The molecule has 19 heavy (non-hydrogen) atoms. The number of nitrogens with one attached hydrogen (secondary N) is 1. The molecule has 1 N–H and O–H groups in total.